The first-order valence-electron chi connectivity index (χ1n) is 6.14. The standard InChI is InChI=1S/C13H19FN2O2.ClH/c1-18-12-4-2-3-10(13(12)17)11(9-14)16-7-5-15-6-8-16;/h2-4,11,15,17H,5-9H2,1H3;1H/t11-;/m0./s1. The topological polar surface area (TPSA) is 44.7 Å². The number of rotatable bonds is 4. The van der Waals surface area contributed by atoms with Gasteiger partial charge in [-0.3, -0.25) is 4.90 Å². The number of phenolic OH excluding ortho intramolecular Hbond substituents is 1. The van der Waals surface area contributed by atoms with Gasteiger partial charge in [0.1, 0.15) is 6.67 Å². The smallest absolute Gasteiger partial charge is 0.162 e. The summed E-state index contributed by atoms with van der Waals surface area (Å²) in [5, 5.41) is 13.3. The van der Waals surface area contributed by atoms with Gasteiger partial charge >= 0.3 is 0 Å². The van der Waals surface area contributed by atoms with Crippen molar-refractivity contribution in [3.8, 4) is 11.5 Å². The fraction of sp³-hybridized carbons (Fsp3) is 0.538. The van der Waals surface area contributed by atoms with Crippen molar-refractivity contribution >= 4 is 12.4 Å². The monoisotopic (exact) mass is 290 g/mol. The molecule has 1 heterocycles. The molecule has 4 nitrogen and oxygen atoms in total. The van der Waals surface area contributed by atoms with Crippen molar-refractivity contribution in [3.63, 3.8) is 0 Å². The van der Waals surface area contributed by atoms with Gasteiger partial charge in [0, 0.05) is 31.7 Å². The molecule has 0 saturated carbocycles. The molecule has 0 radical (unpaired) electrons. The van der Waals surface area contributed by atoms with E-state index in [0.717, 1.165) is 26.2 Å². The van der Waals surface area contributed by atoms with E-state index in [0.29, 0.717) is 11.3 Å². The normalized spacial score (nSPS) is 17.6. The van der Waals surface area contributed by atoms with Crippen molar-refractivity contribution in [2.75, 3.05) is 40.0 Å². The van der Waals surface area contributed by atoms with Gasteiger partial charge in [-0.15, -0.1) is 12.4 Å². The molecule has 1 aromatic carbocycles. The third kappa shape index (κ3) is 3.49. The molecule has 0 aromatic heterocycles. The summed E-state index contributed by atoms with van der Waals surface area (Å²) in [6.07, 6.45) is 0. The van der Waals surface area contributed by atoms with Crippen LogP contribution in [0.5, 0.6) is 11.5 Å². The van der Waals surface area contributed by atoms with E-state index >= 15 is 0 Å². The summed E-state index contributed by atoms with van der Waals surface area (Å²) < 4.78 is 18.4. The van der Waals surface area contributed by atoms with Crippen LogP contribution in [-0.4, -0.2) is 50.0 Å². The van der Waals surface area contributed by atoms with Gasteiger partial charge < -0.3 is 15.2 Å². The van der Waals surface area contributed by atoms with Gasteiger partial charge in [0.15, 0.2) is 11.5 Å². The molecule has 6 heteroatoms. The van der Waals surface area contributed by atoms with Gasteiger partial charge in [-0.1, -0.05) is 12.1 Å². The van der Waals surface area contributed by atoms with Gasteiger partial charge in [-0.05, 0) is 6.07 Å². The number of phenols is 1. The summed E-state index contributed by atoms with van der Waals surface area (Å²) in [7, 11) is 1.49. The van der Waals surface area contributed by atoms with Crippen molar-refractivity contribution in [2.45, 2.75) is 6.04 Å². The minimum Gasteiger partial charge on any atom is -0.504 e. The number of methoxy groups -OCH3 is 1. The molecule has 1 saturated heterocycles. The quantitative estimate of drug-likeness (QED) is 0.887. The number of benzene rings is 1. The lowest BCUT2D eigenvalue weighted by Crippen LogP contribution is -2.45. The maximum atomic E-state index is 13.3. The number of alkyl halides is 1. The minimum atomic E-state index is -0.513. The second kappa shape index (κ2) is 7.53. The zero-order chi connectivity index (χ0) is 13.0. The molecule has 1 atom stereocenters. The van der Waals surface area contributed by atoms with E-state index < -0.39 is 12.7 Å². The van der Waals surface area contributed by atoms with Crippen LogP contribution in [0.25, 0.3) is 0 Å². The Morgan fingerprint density at radius 3 is 2.68 bits per heavy atom. The molecule has 0 bridgehead atoms. The maximum absolute atomic E-state index is 13.3. The number of ether oxygens (including phenoxy) is 1. The highest BCUT2D eigenvalue weighted by Gasteiger charge is 2.25. The maximum Gasteiger partial charge on any atom is 0.162 e. The molecule has 1 fully saturated rings. The summed E-state index contributed by atoms with van der Waals surface area (Å²) in [6.45, 7) is 2.75. The van der Waals surface area contributed by atoms with Crippen LogP contribution in [0, 0.1) is 0 Å². The van der Waals surface area contributed by atoms with Gasteiger partial charge in [0.2, 0.25) is 0 Å². The molecular weight excluding hydrogens is 271 g/mol. The molecule has 2 N–H and O–H groups in total. The summed E-state index contributed by atoms with van der Waals surface area (Å²) in [5.41, 5.74) is 0.596. The van der Waals surface area contributed by atoms with Crippen LogP contribution in [0.1, 0.15) is 11.6 Å². The van der Waals surface area contributed by atoms with E-state index in [1.54, 1.807) is 18.2 Å². The number of hydrogen-bond acceptors (Lipinski definition) is 4. The molecule has 0 spiro atoms. The number of nitrogens with one attached hydrogen (secondary N) is 1. The van der Waals surface area contributed by atoms with Crippen molar-refractivity contribution in [3.05, 3.63) is 23.8 Å². The number of nitrogens with zero attached hydrogens (tertiary/aromatic N) is 1. The van der Waals surface area contributed by atoms with E-state index in [-0.39, 0.29) is 18.2 Å². The lowest BCUT2D eigenvalue weighted by molar-refractivity contribution is 0.145. The molecule has 1 aromatic rings. The Bertz CT molecular complexity index is 400. The van der Waals surface area contributed by atoms with E-state index in [1.165, 1.54) is 7.11 Å². The number of halogens is 2. The van der Waals surface area contributed by atoms with Gasteiger partial charge in [0.05, 0.1) is 13.2 Å². The first-order chi connectivity index (χ1) is 8.77. The number of hydrogen-bond donors (Lipinski definition) is 2. The third-order valence-corrected chi connectivity index (χ3v) is 3.35. The second-order valence-corrected chi connectivity index (χ2v) is 4.35. The largest absolute Gasteiger partial charge is 0.504 e. The Hall–Kier alpha value is -1.04. The highest BCUT2D eigenvalue weighted by molar-refractivity contribution is 5.85. The number of aromatic hydroxyl groups is 1. The molecule has 0 unspecified atom stereocenters. The molecule has 108 valence electrons. The van der Waals surface area contributed by atoms with Gasteiger partial charge in [-0.2, -0.15) is 0 Å². The van der Waals surface area contributed by atoms with Crippen LogP contribution in [0.4, 0.5) is 4.39 Å². The summed E-state index contributed by atoms with van der Waals surface area (Å²) in [5.74, 6) is 0.433. The summed E-state index contributed by atoms with van der Waals surface area (Å²) >= 11 is 0. The zero-order valence-corrected chi connectivity index (χ0v) is 11.8. The lowest BCUT2D eigenvalue weighted by atomic mass is 10.0. The number of para-hydroxylation sites is 1. The zero-order valence-electron chi connectivity index (χ0n) is 10.9. The van der Waals surface area contributed by atoms with E-state index in [9.17, 15) is 9.50 Å². The molecular formula is C13H20ClFN2O2. The fourth-order valence-corrected chi connectivity index (χ4v) is 2.34. The van der Waals surface area contributed by atoms with Crippen molar-refractivity contribution in [2.24, 2.45) is 0 Å². The predicted octanol–water partition coefficient (Wildman–Crippen LogP) is 1.74. The molecule has 1 aliphatic heterocycles. The highest BCUT2D eigenvalue weighted by atomic mass is 35.5. The fourth-order valence-electron chi connectivity index (χ4n) is 2.34. The first kappa shape index (κ1) is 16.0. The van der Waals surface area contributed by atoms with Crippen LogP contribution in [0.15, 0.2) is 18.2 Å². The van der Waals surface area contributed by atoms with Crippen LogP contribution >= 0.6 is 12.4 Å². The van der Waals surface area contributed by atoms with Crippen LogP contribution in [0.3, 0.4) is 0 Å². The van der Waals surface area contributed by atoms with E-state index in [2.05, 4.69) is 5.32 Å². The van der Waals surface area contributed by atoms with E-state index in [1.807, 2.05) is 4.90 Å². The lowest BCUT2D eigenvalue weighted by Gasteiger charge is -2.34. The third-order valence-electron chi connectivity index (χ3n) is 3.35. The minimum absolute atomic E-state index is 0. The van der Waals surface area contributed by atoms with Crippen LogP contribution in [-0.2, 0) is 0 Å². The van der Waals surface area contributed by atoms with Crippen molar-refractivity contribution < 1.29 is 14.2 Å². The summed E-state index contributed by atoms with van der Waals surface area (Å²) in [4.78, 5) is 2.05. The Morgan fingerprint density at radius 1 is 1.42 bits per heavy atom. The first-order valence-corrected chi connectivity index (χ1v) is 6.14. The van der Waals surface area contributed by atoms with Gasteiger partial charge in [-0.25, -0.2) is 4.39 Å². The molecule has 2 rings (SSSR count). The molecule has 1 aliphatic rings. The average molecular weight is 291 g/mol. The SMILES string of the molecule is COc1cccc([C@H](CF)N2CCNCC2)c1O.Cl. The van der Waals surface area contributed by atoms with Crippen molar-refractivity contribution in [1.82, 2.24) is 10.2 Å². The van der Waals surface area contributed by atoms with Gasteiger partial charge in [0.25, 0.3) is 0 Å². The van der Waals surface area contributed by atoms with Crippen molar-refractivity contribution in [1.29, 1.82) is 0 Å². The van der Waals surface area contributed by atoms with Crippen LogP contribution < -0.4 is 10.1 Å². The predicted molar refractivity (Wildman–Crippen MR) is 75.1 cm³/mol. The highest BCUT2D eigenvalue weighted by Crippen LogP contribution is 2.36. The van der Waals surface area contributed by atoms with E-state index in [4.69, 9.17) is 4.74 Å². The Kier molecular flexibility index (Phi) is 6.34. The Labute approximate surface area is 119 Å². The molecule has 19 heavy (non-hydrogen) atoms. The average Bonchev–Trinajstić information content (AvgIpc) is 2.43. The second-order valence-electron chi connectivity index (χ2n) is 4.35. The molecule has 0 aliphatic carbocycles. The number of piperazine rings is 1. The Balaban J connectivity index is 0.00000180. The van der Waals surface area contributed by atoms with Crippen LogP contribution in [0.2, 0.25) is 0 Å². The Morgan fingerprint density at radius 2 is 2.11 bits per heavy atom. The summed E-state index contributed by atoms with van der Waals surface area (Å²) in [6, 6.07) is 4.80. The molecule has 0 amide bonds.